The van der Waals surface area contributed by atoms with Crippen LogP contribution in [0.15, 0.2) is 91.0 Å². The first-order valence-electron chi connectivity index (χ1n) is 11.9. The lowest BCUT2D eigenvalue weighted by molar-refractivity contribution is -0.133. The first-order chi connectivity index (χ1) is 16.1. The summed E-state index contributed by atoms with van der Waals surface area (Å²) < 4.78 is 6.03. The van der Waals surface area contributed by atoms with Gasteiger partial charge < -0.3 is 9.74 Å². The zero-order valence-corrected chi connectivity index (χ0v) is 22.6. The van der Waals surface area contributed by atoms with Crippen LogP contribution in [0.1, 0.15) is 37.5 Å². The Kier molecular flexibility index (Phi) is 7.08. The highest BCUT2D eigenvalue weighted by Crippen LogP contribution is 2.52. The van der Waals surface area contributed by atoms with Crippen LogP contribution in [-0.2, 0) is 14.0 Å². The van der Waals surface area contributed by atoms with Crippen molar-refractivity contribution in [2.75, 3.05) is 6.61 Å². The summed E-state index contributed by atoms with van der Waals surface area (Å²) in [5.41, 5.74) is 3.59. The number of benzene rings is 3. The van der Waals surface area contributed by atoms with Crippen molar-refractivity contribution in [2.45, 2.75) is 49.0 Å². The molecule has 0 unspecified atom stereocenters. The number of rotatable bonds is 8. The van der Waals surface area contributed by atoms with Crippen LogP contribution in [0.25, 0.3) is 0 Å². The number of nitrogens with one attached hydrogen (secondary N) is 1. The molecule has 1 fully saturated rings. The second-order valence-corrected chi connectivity index (χ2v) is 16.7. The van der Waals surface area contributed by atoms with Gasteiger partial charge in [0.05, 0.1) is 16.0 Å². The number of hydrogen-bond acceptors (Lipinski definition) is 3. The number of amides is 1. The third kappa shape index (κ3) is 4.74. The summed E-state index contributed by atoms with van der Waals surface area (Å²) in [5, 5.41) is 3.26. The molecule has 3 nitrogen and oxygen atoms in total. The monoisotopic (exact) mass is 489 g/mol. The van der Waals surface area contributed by atoms with E-state index in [-0.39, 0.29) is 22.2 Å². The number of carbonyl (C=O) groups excluding carboxylic acids is 1. The maximum absolute atomic E-state index is 12.7. The molecule has 0 aromatic heterocycles. The van der Waals surface area contributed by atoms with E-state index in [0.29, 0.717) is 6.61 Å². The average molecular weight is 490 g/mol. The summed E-state index contributed by atoms with van der Waals surface area (Å²) in [4.78, 5) is 12.7. The molecule has 0 radical (unpaired) electrons. The third-order valence-corrected chi connectivity index (χ3v) is 13.5. The van der Waals surface area contributed by atoms with E-state index in [9.17, 15) is 4.79 Å². The molecule has 34 heavy (non-hydrogen) atoms. The minimum atomic E-state index is -1.95. The van der Waals surface area contributed by atoms with Gasteiger partial charge in [-0.3, -0.25) is 4.79 Å². The topological polar surface area (TPSA) is 38.3 Å². The molecule has 0 aliphatic carbocycles. The fourth-order valence-electron chi connectivity index (χ4n) is 4.09. The second-order valence-electron chi connectivity index (χ2n) is 10.5. The van der Waals surface area contributed by atoms with Crippen molar-refractivity contribution in [2.24, 2.45) is 5.92 Å². The van der Waals surface area contributed by atoms with Gasteiger partial charge in [-0.1, -0.05) is 112 Å². The van der Waals surface area contributed by atoms with Gasteiger partial charge >= 0.3 is 0 Å². The predicted octanol–water partition coefficient (Wildman–Crippen LogP) is 6.81. The van der Waals surface area contributed by atoms with Crippen molar-refractivity contribution in [3.8, 4) is 0 Å². The Morgan fingerprint density at radius 2 is 1.21 bits per heavy atom. The van der Waals surface area contributed by atoms with Crippen molar-refractivity contribution in [1.82, 2.24) is 5.32 Å². The van der Waals surface area contributed by atoms with Crippen molar-refractivity contribution in [3.63, 3.8) is 0 Å². The molecule has 0 bridgehead atoms. The van der Waals surface area contributed by atoms with Gasteiger partial charge in [0.25, 0.3) is 0 Å². The van der Waals surface area contributed by atoms with Crippen LogP contribution in [0.3, 0.4) is 0 Å². The molecule has 1 amide bonds. The fraction of sp³-hybridized carbons (Fsp3) is 0.345. The van der Waals surface area contributed by atoms with Gasteiger partial charge in [0.1, 0.15) is 0 Å². The Labute approximate surface area is 209 Å². The van der Waals surface area contributed by atoms with Crippen LogP contribution >= 0.6 is 11.8 Å². The minimum absolute atomic E-state index is 0.0436. The zero-order valence-electron chi connectivity index (χ0n) is 20.7. The fourth-order valence-corrected chi connectivity index (χ4v) is 6.86. The van der Waals surface area contributed by atoms with Crippen LogP contribution in [-0.4, -0.2) is 26.2 Å². The van der Waals surface area contributed by atoms with Crippen LogP contribution in [0.2, 0.25) is 18.1 Å². The highest BCUT2D eigenvalue weighted by molar-refractivity contribution is 8.01. The quantitative estimate of drug-likeness (QED) is 0.215. The Balaban J connectivity index is 1.73. The molecule has 1 aliphatic rings. The predicted molar refractivity (Wildman–Crippen MR) is 145 cm³/mol. The van der Waals surface area contributed by atoms with E-state index in [1.807, 2.05) is 11.8 Å². The molecule has 178 valence electrons. The largest absolute Gasteiger partial charge is 0.416 e. The van der Waals surface area contributed by atoms with E-state index in [1.165, 1.54) is 16.7 Å². The lowest BCUT2D eigenvalue weighted by atomic mass is 9.84. The van der Waals surface area contributed by atoms with E-state index in [0.717, 1.165) is 0 Å². The lowest BCUT2D eigenvalue weighted by Gasteiger charge is -2.45. The van der Waals surface area contributed by atoms with Gasteiger partial charge in [0.2, 0.25) is 5.91 Å². The smallest absolute Gasteiger partial charge is 0.229 e. The van der Waals surface area contributed by atoms with Crippen LogP contribution < -0.4 is 5.32 Å². The van der Waals surface area contributed by atoms with Gasteiger partial charge in [-0.2, -0.15) is 0 Å². The first kappa shape index (κ1) is 24.8. The second kappa shape index (κ2) is 9.72. The molecule has 4 rings (SSSR count). The van der Waals surface area contributed by atoms with Gasteiger partial charge in [-0.05, 0) is 34.8 Å². The van der Waals surface area contributed by atoms with Crippen molar-refractivity contribution in [1.29, 1.82) is 0 Å². The van der Waals surface area contributed by atoms with Crippen molar-refractivity contribution < 1.29 is 9.22 Å². The Morgan fingerprint density at radius 1 is 0.794 bits per heavy atom. The summed E-state index contributed by atoms with van der Waals surface area (Å²) >= 11 is 1.81. The molecule has 0 spiro atoms. The van der Waals surface area contributed by atoms with E-state index >= 15 is 0 Å². The van der Waals surface area contributed by atoms with Gasteiger partial charge in [-0.15, -0.1) is 11.8 Å². The molecule has 1 saturated heterocycles. The summed E-state index contributed by atoms with van der Waals surface area (Å²) in [6.45, 7) is 11.7. The summed E-state index contributed by atoms with van der Waals surface area (Å²) in [6.07, 6.45) is 0. The molecule has 0 saturated carbocycles. The van der Waals surface area contributed by atoms with E-state index < -0.39 is 13.1 Å². The lowest BCUT2D eigenvalue weighted by Crippen LogP contribution is -2.60. The standard InChI is InChI=1S/C29H35NO2SSi/c1-28(2,3)34(4,5)32-21-25-26(31)30-27(25)33-29(22-15-9-6-10-16-22,23-17-11-7-12-18-23)24-19-13-8-14-20-24/h6-20,25,27H,21H2,1-5H3,(H,30,31)/t25-,27+/m0/s1. The molecule has 3 aromatic carbocycles. The maximum Gasteiger partial charge on any atom is 0.229 e. The van der Waals surface area contributed by atoms with E-state index in [4.69, 9.17) is 4.43 Å². The third-order valence-electron chi connectivity index (χ3n) is 7.26. The Bertz CT molecular complexity index is 1000. The summed E-state index contributed by atoms with van der Waals surface area (Å²) in [5.74, 6) is -0.0890. The van der Waals surface area contributed by atoms with Crippen molar-refractivity contribution >= 4 is 26.0 Å². The molecule has 5 heteroatoms. The normalized spacial score (nSPS) is 18.8. The molecule has 2 atom stereocenters. The van der Waals surface area contributed by atoms with Gasteiger partial charge in [0, 0.05) is 6.61 Å². The summed E-state index contributed by atoms with van der Waals surface area (Å²) in [7, 11) is -1.95. The number of carbonyl (C=O) groups is 1. The highest BCUT2D eigenvalue weighted by atomic mass is 32.2. The average Bonchev–Trinajstić information content (AvgIpc) is 2.82. The minimum Gasteiger partial charge on any atom is -0.416 e. The van der Waals surface area contributed by atoms with E-state index in [1.54, 1.807) is 0 Å². The van der Waals surface area contributed by atoms with Crippen LogP contribution in [0, 0.1) is 5.92 Å². The maximum atomic E-state index is 12.7. The highest BCUT2D eigenvalue weighted by Gasteiger charge is 2.49. The van der Waals surface area contributed by atoms with Crippen LogP contribution in [0.5, 0.6) is 0 Å². The molecular weight excluding hydrogens is 454 g/mol. The van der Waals surface area contributed by atoms with Crippen molar-refractivity contribution in [3.05, 3.63) is 108 Å². The number of β-lactam (4-membered cyclic amide) rings is 1. The van der Waals surface area contributed by atoms with E-state index in [2.05, 4.69) is 130 Å². The van der Waals surface area contributed by atoms with Crippen LogP contribution in [0.4, 0.5) is 0 Å². The molecule has 1 aliphatic heterocycles. The molecular formula is C29H35NO2SSi. The Morgan fingerprint density at radius 3 is 1.56 bits per heavy atom. The first-order valence-corrected chi connectivity index (χ1v) is 15.7. The summed E-state index contributed by atoms with van der Waals surface area (Å²) in [6, 6.07) is 31.8. The molecule has 1 N–H and O–H groups in total. The zero-order chi connectivity index (χ0) is 24.4. The number of hydrogen-bond donors (Lipinski definition) is 1. The van der Waals surface area contributed by atoms with Gasteiger partial charge in [0.15, 0.2) is 8.32 Å². The Hall–Kier alpha value is -2.34. The molecule has 3 aromatic rings. The molecule has 1 heterocycles. The SMILES string of the molecule is CC(C)(C)[Si](C)(C)OC[C@H]1C(=O)N[C@@H]1SC(c1ccccc1)(c1ccccc1)c1ccccc1. The van der Waals surface area contributed by atoms with Gasteiger partial charge in [-0.25, -0.2) is 0 Å². The number of thioether (sulfide) groups is 1.